The van der Waals surface area contributed by atoms with Gasteiger partial charge in [0.15, 0.2) is 0 Å². The zero-order chi connectivity index (χ0) is 16.6. The molecule has 0 aliphatic carbocycles. The fourth-order valence-electron chi connectivity index (χ4n) is 3.50. The zero-order valence-electron chi connectivity index (χ0n) is 14.4. The van der Waals surface area contributed by atoms with Gasteiger partial charge in [0.05, 0.1) is 5.52 Å². The molecule has 24 heavy (non-hydrogen) atoms. The van der Waals surface area contributed by atoms with Gasteiger partial charge in [-0.2, -0.15) is 0 Å². The van der Waals surface area contributed by atoms with Crippen LogP contribution in [0.2, 0.25) is 5.02 Å². The molecule has 0 atom stereocenters. The van der Waals surface area contributed by atoms with Crippen LogP contribution < -0.4 is 5.32 Å². The quantitative estimate of drug-likeness (QED) is 0.654. The lowest BCUT2D eigenvalue weighted by Gasteiger charge is -2.26. The van der Waals surface area contributed by atoms with Gasteiger partial charge in [0, 0.05) is 28.8 Å². The molecule has 0 saturated carbocycles. The van der Waals surface area contributed by atoms with E-state index in [-0.39, 0.29) is 0 Å². The van der Waals surface area contributed by atoms with Crippen molar-refractivity contribution in [2.24, 2.45) is 0 Å². The van der Waals surface area contributed by atoms with E-state index in [4.69, 9.17) is 11.6 Å². The zero-order valence-corrected chi connectivity index (χ0v) is 15.2. The van der Waals surface area contributed by atoms with Gasteiger partial charge in [-0.3, -0.25) is 4.98 Å². The van der Waals surface area contributed by atoms with Gasteiger partial charge in [-0.15, -0.1) is 0 Å². The van der Waals surface area contributed by atoms with Gasteiger partial charge in [-0.05, 0) is 69.6 Å². The topological polar surface area (TPSA) is 28.2 Å². The molecule has 2 heterocycles. The molecule has 1 aliphatic heterocycles. The summed E-state index contributed by atoms with van der Waals surface area (Å²) in [6.45, 7) is 4.95. The van der Waals surface area contributed by atoms with Gasteiger partial charge >= 0.3 is 0 Å². The number of rotatable bonds is 8. The van der Waals surface area contributed by atoms with Gasteiger partial charge in [0.2, 0.25) is 0 Å². The summed E-state index contributed by atoms with van der Waals surface area (Å²) in [5.74, 6) is 0. The van der Waals surface area contributed by atoms with E-state index in [0.717, 1.165) is 28.2 Å². The van der Waals surface area contributed by atoms with Crippen molar-refractivity contribution in [1.29, 1.82) is 0 Å². The Hall–Kier alpha value is -1.32. The Kier molecular flexibility index (Phi) is 6.74. The molecular formula is C20H28ClN3. The highest BCUT2D eigenvalue weighted by Gasteiger charge is 2.08. The second-order valence-electron chi connectivity index (χ2n) is 6.76. The summed E-state index contributed by atoms with van der Waals surface area (Å²) in [6.07, 6.45) is 11.3. The van der Waals surface area contributed by atoms with Gasteiger partial charge < -0.3 is 10.2 Å². The highest BCUT2D eigenvalue weighted by Crippen LogP contribution is 2.24. The van der Waals surface area contributed by atoms with Crippen LogP contribution in [0.5, 0.6) is 0 Å². The Morgan fingerprint density at radius 3 is 2.71 bits per heavy atom. The van der Waals surface area contributed by atoms with E-state index in [1.165, 1.54) is 64.6 Å². The smallest absolute Gasteiger partial charge is 0.0737 e. The van der Waals surface area contributed by atoms with Crippen LogP contribution in [0.4, 0.5) is 5.69 Å². The molecule has 1 aliphatic rings. The number of nitrogens with zero attached hydrogens (tertiary/aromatic N) is 2. The molecule has 0 radical (unpaired) electrons. The number of hydrogen-bond acceptors (Lipinski definition) is 3. The number of piperidine rings is 1. The number of hydrogen-bond donors (Lipinski definition) is 1. The van der Waals surface area contributed by atoms with Crippen molar-refractivity contribution in [3.63, 3.8) is 0 Å². The Labute approximate surface area is 150 Å². The minimum atomic E-state index is 0.737. The standard InChI is InChI=1S/C20H28ClN3/c21-17-8-9-18-19(10-12-23-20(18)16-17)22-11-4-1-2-5-13-24-14-6-3-7-15-24/h8-10,12,16H,1-7,11,13-15H2,(H,22,23). The van der Waals surface area contributed by atoms with E-state index in [9.17, 15) is 0 Å². The van der Waals surface area contributed by atoms with Crippen molar-refractivity contribution >= 4 is 28.2 Å². The highest BCUT2D eigenvalue weighted by atomic mass is 35.5. The molecule has 1 aromatic heterocycles. The molecule has 1 saturated heterocycles. The summed E-state index contributed by atoms with van der Waals surface area (Å²) in [4.78, 5) is 7.02. The van der Waals surface area contributed by atoms with Crippen LogP contribution >= 0.6 is 11.6 Å². The number of unbranched alkanes of at least 4 members (excludes halogenated alkanes) is 3. The number of fused-ring (bicyclic) bond motifs is 1. The Morgan fingerprint density at radius 1 is 1.00 bits per heavy atom. The minimum absolute atomic E-state index is 0.737. The first-order valence-electron chi connectivity index (χ1n) is 9.33. The van der Waals surface area contributed by atoms with E-state index >= 15 is 0 Å². The fraction of sp³-hybridized carbons (Fsp3) is 0.550. The SMILES string of the molecule is Clc1ccc2c(NCCCCCCN3CCCCC3)ccnc2c1. The van der Waals surface area contributed by atoms with Crippen molar-refractivity contribution < 1.29 is 0 Å². The monoisotopic (exact) mass is 345 g/mol. The molecule has 4 heteroatoms. The summed E-state index contributed by atoms with van der Waals surface area (Å²) in [7, 11) is 0. The summed E-state index contributed by atoms with van der Waals surface area (Å²) >= 11 is 6.04. The Morgan fingerprint density at radius 2 is 1.83 bits per heavy atom. The molecule has 0 amide bonds. The van der Waals surface area contributed by atoms with Crippen molar-refractivity contribution in [3.8, 4) is 0 Å². The van der Waals surface area contributed by atoms with Crippen molar-refractivity contribution in [2.75, 3.05) is 31.5 Å². The molecule has 0 unspecified atom stereocenters. The first-order chi connectivity index (χ1) is 11.8. The number of nitrogens with one attached hydrogen (secondary N) is 1. The summed E-state index contributed by atoms with van der Waals surface area (Å²) in [5, 5.41) is 5.44. The van der Waals surface area contributed by atoms with Crippen LogP contribution in [0.3, 0.4) is 0 Å². The number of benzene rings is 1. The average Bonchev–Trinajstić information content (AvgIpc) is 2.61. The maximum absolute atomic E-state index is 6.04. The van der Waals surface area contributed by atoms with Crippen molar-refractivity contribution in [1.82, 2.24) is 9.88 Å². The third kappa shape index (κ3) is 5.09. The van der Waals surface area contributed by atoms with Crippen LogP contribution in [-0.4, -0.2) is 36.1 Å². The number of pyridine rings is 1. The third-order valence-electron chi connectivity index (χ3n) is 4.87. The molecule has 0 bridgehead atoms. The highest BCUT2D eigenvalue weighted by molar-refractivity contribution is 6.31. The molecule has 3 nitrogen and oxygen atoms in total. The largest absolute Gasteiger partial charge is 0.384 e. The molecule has 2 aromatic rings. The second kappa shape index (κ2) is 9.24. The number of halogens is 1. The maximum Gasteiger partial charge on any atom is 0.0737 e. The molecular weight excluding hydrogens is 318 g/mol. The van der Waals surface area contributed by atoms with Gasteiger partial charge in [0.25, 0.3) is 0 Å². The summed E-state index contributed by atoms with van der Waals surface area (Å²) in [6, 6.07) is 7.94. The van der Waals surface area contributed by atoms with Crippen LogP contribution in [0, 0.1) is 0 Å². The predicted octanol–water partition coefficient (Wildman–Crippen LogP) is 5.35. The minimum Gasteiger partial charge on any atom is -0.384 e. The molecule has 0 spiro atoms. The lowest BCUT2D eigenvalue weighted by atomic mass is 10.1. The molecule has 1 aromatic carbocycles. The van der Waals surface area contributed by atoms with E-state index in [2.05, 4.69) is 15.2 Å². The van der Waals surface area contributed by atoms with Crippen LogP contribution in [-0.2, 0) is 0 Å². The number of aromatic nitrogens is 1. The van der Waals surface area contributed by atoms with Crippen LogP contribution in [0.1, 0.15) is 44.9 Å². The molecule has 130 valence electrons. The number of anilines is 1. The maximum atomic E-state index is 6.04. The lowest BCUT2D eigenvalue weighted by Crippen LogP contribution is -2.30. The predicted molar refractivity (Wildman–Crippen MR) is 104 cm³/mol. The fourth-order valence-corrected chi connectivity index (χ4v) is 3.66. The average molecular weight is 346 g/mol. The first kappa shape index (κ1) is 17.5. The van der Waals surface area contributed by atoms with Gasteiger partial charge in [-0.25, -0.2) is 0 Å². The summed E-state index contributed by atoms with van der Waals surface area (Å²) < 4.78 is 0. The van der Waals surface area contributed by atoms with Gasteiger partial charge in [0.1, 0.15) is 0 Å². The third-order valence-corrected chi connectivity index (χ3v) is 5.11. The van der Waals surface area contributed by atoms with E-state index in [1.807, 2.05) is 30.5 Å². The van der Waals surface area contributed by atoms with Crippen LogP contribution in [0.15, 0.2) is 30.5 Å². The molecule has 3 rings (SSSR count). The summed E-state index contributed by atoms with van der Waals surface area (Å²) in [5.41, 5.74) is 2.11. The molecule has 1 fully saturated rings. The first-order valence-corrected chi connectivity index (χ1v) is 9.71. The van der Waals surface area contributed by atoms with Crippen molar-refractivity contribution in [2.45, 2.75) is 44.9 Å². The van der Waals surface area contributed by atoms with Crippen molar-refractivity contribution in [3.05, 3.63) is 35.5 Å². The van der Waals surface area contributed by atoms with E-state index in [1.54, 1.807) is 0 Å². The normalized spacial score (nSPS) is 15.7. The van der Waals surface area contributed by atoms with E-state index in [0.29, 0.717) is 0 Å². The van der Waals surface area contributed by atoms with E-state index < -0.39 is 0 Å². The second-order valence-corrected chi connectivity index (χ2v) is 7.20. The molecule has 1 N–H and O–H groups in total. The lowest BCUT2D eigenvalue weighted by molar-refractivity contribution is 0.224. The van der Waals surface area contributed by atoms with Gasteiger partial charge in [-0.1, -0.05) is 30.9 Å². The number of likely N-dealkylation sites (tertiary alicyclic amines) is 1. The van der Waals surface area contributed by atoms with Crippen LogP contribution in [0.25, 0.3) is 10.9 Å². The Bertz CT molecular complexity index is 638. The Balaban J connectivity index is 1.35.